The van der Waals surface area contributed by atoms with Gasteiger partial charge in [-0.3, -0.25) is 19.3 Å². The number of nitrogens with zero attached hydrogens (tertiary/aromatic N) is 3. The third-order valence-electron chi connectivity index (χ3n) is 4.57. The highest BCUT2D eigenvalue weighted by molar-refractivity contribution is 7.14. The largest absolute Gasteiger partial charge is 0.348 e. The number of para-hydroxylation sites is 1. The van der Waals surface area contributed by atoms with Crippen molar-refractivity contribution in [2.24, 2.45) is 0 Å². The summed E-state index contributed by atoms with van der Waals surface area (Å²) in [5.41, 5.74) is 2.86. The molecule has 0 unspecified atom stereocenters. The fourth-order valence-corrected chi connectivity index (χ4v) is 3.97. The molecule has 2 N–H and O–H groups in total. The second-order valence-electron chi connectivity index (χ2n) is 7.78. The minimum atomic E-state index is -0.275. The third-order valence-corrected chi connectivity index (χ3v) is 5.42. The fraction of sp³-hybridized carbons (Fsp3) is 0.200. The van der Waals surface area contributed by atoms with E-state index in [4.69, 9.17) is 0 Å². The van der Waals surface area contributed by atoms with Gasteiger partial charge in [0.25, 0.3) is 0 Å². The number of hydrogen-bond acceptors (Lipinski definition) is 6. The molecule has 0 aliphatic heterocycles. The smallest absolute Gasteiger partial charge is 0.244 e. The van der Waals surface area contributed by atoms with Gasteiger partial charge < -0.3 is 15.5 Å². The van der Waals surface area contributed by atoms with Crippen LogP contribution >= 0.6 is 11.3 Å². The number of carbonyl (C=O) groups excluding carboxylic acids is 3. The highest BCUT2D eigenvalue weighted by Crippen LogP contribution is 2.29. The Hall–Kier alpha value is -3.82. The van der Waals surface area contributed by atoms with Gasteiger partial charge in [0.2, 0.25) is 17.7 Å². The number of nitrogens with one attached hydrogen (secondary N) is 2. The molecule has 0 saturated heterocycles. The van der Waals surface area contributed by atoms with Crippen LogP contribution in [0.25, 0.3) is 6.08 Å². The molecule has 0 atom stereocenters. The van der Waals surface area contributed by atoms with Crippen molar-refractivity contribution in [3.05, 3.63) is 77.3 Å². The van der Waals surface area contributed by atoms with Gasteiger partial charge in [-0.25, -0.2) is 4.98 Å². The van der Waals surface area contributed by atoms with Crippen molar-refractivity contribution in [1.82, 2.24) is 15.2 Å². The number of benzene rings is 2. The molecule has 34 heavy (non-hydrogen) atoms. The van der Waals surface area contributed by atoms with Crippen molar-refractivity contribution in [3.8, 4) is 0 Å². The highest BCUT2D eigenvalue weighted by atomic mass is 32.1. The number of amides is 3. The molecule has 8 nitrogen and oxygen atoms in total. The van der Waals surface area contributed by atoms with Gasteiger partial charge in [0.05, 0.1) is 17.9 Å². The normalized spacial score (nSPS) is 10.9. The number of anilines is 3. The lowest BCUT2D eigenvalue weighted by molar-refractivity contribution is -0.117. The van der Waals surface area contributed by atoms with E-state index in [1.807, 2.05) is 62.6 Å². The Balaban J connectivity index is 1.57. The van der Waals surface area contributed by atoms with Gasteiger partial charge in [0, 0.05) is 30.6 Å². The zero-order valence-corrected chi connectivity index (χ0v) is 20.1. The summed E-state index contributed by atoms with van der Waals surface area (Å²) in [4.78, 5) is 44.2. The van der Waals surface area contributed by atoms with Crippen LogP contribution in [-0.4, -0.2) is 48.2 Å². The van der Waals surface area contributed by atoms with E-state index in [9.17, 15) is 14.4 Å². The summed E-state index contributed by atoms with van der Waals surface area (Å²) in [5.74, 6) is -0.524. The van der Waals surface area contributed by atoms with Crippen molar-refractivity contribution < 1.29 is 14.4 Å². The Kier molecular flexibility index (Phi) is 8.66. The Morgan fingerprint density at radius 2 is 1.82 bits per heavy atom. The predicted octanol–water partition coefficient (Wildman–Crippen LogP) is 3.66. The standard InChI is InChI=1S/C25H27N5O3S/c1-18(31)30(22-10-5-4-6-11-22)25-28-21(17-34-25)12-13-23(32)26-15-19-8-7-9-20(14-19)27-24(33)16-29(2)3/h4-14,17H,15-16H2,1-3H3,(H,26,32)(H,27,33). The van der Waals surface area contributed by atoms with Crippen molar-refractivity contribution in [3.63, 3.8) is 0 Å². The molecule has 1 aromatic heterocycles. The Morgan fingerprint density at radius 1 is 1.06 bits per heavy atom. The molecule has 0 aliphatic rings. The molecule has 1 heterocycles. The summed E-state index contributed by atoms with van der Waals surface area (Å²) in [6, 6.07) is 16.6. The lowest BCUT2D eigenvalue weighted by atomic mass is 10.2. The van der Waals surface area contributed by atoms with E-state index < -0.39 is 0 Å². The second kappa shape index (κ2) is 11.9. The maximum absolute atomic E-state index is 12.3. The number of likely N-dealkylation sites (N-methyl/N-ethyl adjacent to an activating group) is 1. The summed E-state index contributed by atoms with van der Waals surface area (Å²) in [5, 5.41) is 7.98. The molecule has 0 fully saturated rings. The average molecular weight is 478 g/mol. The van der Waals surface area contributed by atoms with Crippen LogP contribution in [0, 0.1) is 0 Å². The fourth-order valence-electron chi connectivity index (χ4n) is 3.12. The molecule has 0 radical (unpaired) electrons. The molecule has 0 aliphatic carbocycles. The van der Waals surface area contributed by atoms with Crippen LogP contribution in [0.15, 0.2) is 66.1 Å². The van der Waals surface area contributed by atoms with Crippen LogP contribution in [0.2, 0.25) is 0 Å². The number of thiazole rings is 1. The maximum atomic E-state index is 12.3. The zero-order valence-electron chi connectivity index (χ0n) is 19.3. The summed E-state index contributed by atoms with van der Waals surface area (Å²) < 4.78 is 0. The molecular formula is C25H27N5O3S. The number of aromatic nitrogens is 1. The lowest BCUT2D eigenvalue weighted by Crippen LogP contribution is -2.27. The second-order valence-corrected chi connectivity index (χ2v) is 8.62. The molecule has 176 valence electrons. The molecule has 0 bridgehead atoms. The summed E-state index contributed by atoms with van der Waals surface area (Å²) in [7, 11) is 3.65. The third kappa shape index (κ3) is 7.36. The Morgan fingerprint density at radius 3 is 2.53 bits per heavy atom. The number of carbonyl (C=O) groups is 3. The van der Waals surface area contributed by atoms with Crippen molar-refractivity contribution in [2.75, 3.05) is 30.9 Å². The van der Waals surface area contributed by atoms with Crippen molar-refractivity contribution in [1.29, 1.82) is 0 Å². The lowest BCUT2D eigenvalue weighted by Gasteiger charge is -2.17. The first kappa shape index (κ1) is 24.8. The molecule has 9 heteroatoms. The van der Waals surface area contributed by atoms with Crippen LogP contribution in [0.5, 0.6) is 0 Å². The van der Waals surface area contributed by atoms with Crippen molar-refractivity contribution >= 4 is 51.6 Å². The Bertz CT molecular complexity index is 1170. The summed E-state index contributed by atoms with van der Waals surface area (Å²) >= 11 is 1.33. The van der Waals surface area contributed by atoms with Crippen LogP contribution in [0.4, 0.5) is 16.5 Å². The van der Waals surface area contributed by atoms with Gasteiger partial charge in [-0.2, -0.15) is 0 Å². The maximum Gasteiger partial charge on any atom is 0.244 e. The summed E-state index contributed by atoms with van der Waals surface area (Å²) in [6.45, 7) is 2.09. The molecule has 0 spiro atoms. The first-order valence-corrected chi connectivity index (χ1v) is 11.5. The van der Waals surface area contributed by atoms with Gasteiger partial charge in [-0.15, -0.1) is 11.3 Å². The van der Waals surface area contributed by atoms with Crippen LogP contribution in [0.3, 0.4) is 0 Å². The van der Waals surface area contributed by atoms with E-state index in [1.165, 1.54) is 29.2 Å². The quantitative estimate of drug-likeness (QED) is 0.459. The average Bonchev–Trinajstić information content (AvgIpc) is 3.25. The SMILES string of the molecule is CC(=O)N(c1ccccc1)c1nc(C=CC(=O)NCc2cccc(NC(=O)CN(C)C)c2)cs1. The molecule has 2 aromatic carbocycles. The molecule has 3 amide bonds. The molecular weight excluding hydrogens is 450 g/mol. The number of rotatable bonds is 9. The molecule has 0 saturated carbocycles. The first-order chi connectivity index (χ1) is 16.3. The van der Waals surface area contributed by atoms with Crippen LogP contribution in [-0.2, 0) is 20.9 Å². The van der Waals surface area contributed by atoms with Crippen LogP contribution < -0.4 is 15.5 Å². The molecule has 3 aromatic rings. The van der Waals surface area contributed by atoms with Gasteiger partial charge in [0.1, 0.15) is 0 Å². The van der Waals surface area contributed by atoms with E-state index in [0.717, 1.165) is 11.3 Å². The van der Waals surface area contributed by atoms with E-state index in [0.29, 0.717) is 29.6 Å². The topological polar surface area (TPSA) is 94.6 Å². The number of hydrogen-bond donors (Lipinski definition) is 2. The Labute approximate surface area is 202 Å². The minimum Gasteiger partial charge on any atom is -0.348 e. The zero-order chi connectivity index (χ0) is 24.5. The van der Waals surface area contributed by atoms with Gasteiger partial charge in [-0.1, -0.05) is 30.3 Å². The van der Waals surface area contributed by atoms with E-state index in [1.54, 1.807) is 22.4 Å². The van der Waals surface area contributed by atoms with E-state index in [2.05, 4.69) is 15.6 Å². The highest BCUT2D eigenvalue weighted by Gasteiger charge is 2.17. The first-order valence-electron chi connectivity index (χ1n) is 10.6. The van der Waals surface area contributed by atoms with Crippen LogP contribution in [0.1, 0.15) is 18.2 Å². The van der Waals surface area contributed by atoms with E-state index >= 15 is 0 Å². The van der Waals surface area contributed by atoms with Crippen molar-refractivity contribution in [2.45, 2.75) is 13.5 Å². The molecule has 3 rings (SSSR count). The van der Waals surface area contributed by atoms with Gasteiger partial charge in [-0.05, 0) is 50.0 Å². The van der Waals surface area contributed by atoms with Gasteiger partial charge >= 0.3 is 0 Å². The monoisotopic (exact) mass is 477 g/mol. The van der Waals surface area contributed by atoms with E-state index in [-0.39, 0.29) is 17.7 Å². The predicted molar refractivity (Wildman–Crippen MR) is 136 cm³/mol. The van der Waals surface area contributed by atoms with Gasteiger partial charge in [0.15, 0.2) is 5.13 Å². The minimum absolute atomic E-state index is 0.104. The summed E-state index contributed by atoms with van der Waals surface area (Å²) in [6.07, 6.45) is 3.01.